The van der Waals surface area contributed by atoms with E-state index in [0.717, 1.165) is 12.0 Å². The molecule has 1 aromatic carbocycles. The second-order valence-electron chi connectivity index (χ2n) is 4.76. The molecule has 2 heteroatoms. The topological polar surface area (TPSA) is 26.3 Å². The van der Waals surface area contributed by atoms with E-state index >= 15 is 0 Å². The molecule has 0 amide bonds. The summed E-state index contributed by atoms with van der Waals surface area (Å²) in [5.74, 6) is 0.604. The van der Waals surface area contributed by atoms with E-state index in [9.17, 15) is 4.79 Å². The van der Waals surface area contributed by atoms with Gasteiger partial charge >= 0.3 is 0 Å². The first-order chi connectivity index (χ1) is 7.68. The summed E-state index contributed by atoms with van der Waals surface area (Å²) >= 11 is 0. The minimum Gasteiger partial charge on any atom is -0.365 e. The first-order valence-corrected chi connectivity index (χ1v) is 5.90. The summed E-state index contributed by atoms with van der Waals surface area (Å²) in [6.45, 7) is 4.78. The Morgan fingerprint density at radius 1 is 1.44 bits per heavy atom. The molecule has 0 radical (unpaired) electrons. The van der Waals surface area contributed by atoms with Crippen molar-refractivity contribution in [2.75, 3.05) is 6.61 Å². The van der Waals surface area contributed by atoms with Crippen molar-refractivity contribution >= 4 is 5.78 Å². The van der Waals surface area contributed by atoms with E-state index in [4.69, 9.17) is 4.74 Å². The Morgan fingerprint density at radius 2 is 2.19 bits per heavy atom. The van der Waals surface area contributed by atoms with E-state index < -0.39 is 0 Å². The lowest BCUT2D eigenvalue weighted by molar-refractivity contribution is -0.132. The highest BCUT2D eigenvalue weighted by molar-refractivity contribution is 5.85. The third kappa shape index (κ3) is 2.33. The summed E-state index contributed by atoms with van der Waals surface area (Å²) in [6.07, 6.45) is 1.19. The van der Waals surface area contributed by atoms with Crippen LogP contribution in [0.5, 0.6) is 0 Å². The fraction of sp³-hybridized carbons (Fsp3) is 0.500. The summed E-state index contributed by atoms with van der Waals surface area (Å²) in [4.78, 5) is 12.0. The number of ether oxygens (including phenoxy) is 1. The Kier molecular flexibility index (Phi) is 3.39. The van der Waals surface area contributed by atoms with E-state index in [1.807, 2.05) is 18.2 Å². The summed E-state index contributed by atoms with van der Waals surface area (Å²) in [6, 6.07) is 8.10. The van der Waals surface area contributed by atoms with Gasteiger partial charge in [-0.25, -0.2) is 0 Å². The molecule has 0 N–H and O–H groups in total. The molecular weight excluding hydrogens is 200 g/mol. The van der Waals surface area contributed by atoms with Gasteiger partial charge in [0.15, 0.2) is 5.78 Å². The van der Waals surface area contributed by atoms with Crippen LogP contribution in [0.15, 0.2) is 24.3 Å². The largest absolute Gasteiger partial charge is 0.365 e. The van der Waals surface area contributed by atoms with E-state index in [2.05, 4.69) is 19.9 Å². The summed E-state index contributed by atoms with van der Waals surface area (Å²) in [7, 11) is 0. The zero-order valence-corrected chi connectivity index (χ0v) is 9.90. The van der Waals surface area contributed by atoms with Crippen molar-refractivity contribution in [3.8, 4) is 0 Å². The van der Waals surface area contributed by atoms with Gasteiger partial charge in [0, 0.05) is 6.42 Å². The van der Waals surface area contributed by atoms with Crippen molar-refractivity contribution in [1.82, 2.24) is 0 Å². The predicted molar refractivity (Wildman–Crippen MR) is 63.3 cm³/mol. The highest BCUT2D eigenvalue weighted by atomic mass is 16.5. The van der Waals surface area contributed by atoms with Gasteiger partial charge in [-0.1, -0.05) is 38.1 Å². The zero-order valence-electron chi connectivity index (χ0n) is 9.90. The number of Topliss-reactive ketones (excluding diaryl/α,β-unsaturated/α-hetero) is 1. The maximum atomic E-state index is 12.0. The SMILES string of the molecule is CC(C)CC(=O)C1OCCc2ccccc21. The highest BCUT2D eigenvalue weighted by Gasteiger charge is 2.26. The molecule has 2 nitrogen and oxygen atoms in total. The number of fused-ring (bicyclic) bond motifs is 1. The third-order valence-electron chi connectivity index (χ3n) is 2.90. The lowest BCUT2D eigenvalue weighted by Crippen LogP contribution is -2.24. The molecule has 0 saturated heterocycles. The van der Waals surface area contributed by atoms with Gasteiger partial charge in [0.2, 0.25) is 0 Å². The van der Waals surface area contributed by atoms with Crippen molar-refractivity contribution in [3.63, 3.8) is 0 Å². The van der Waals surface area contributed by atoms with Gasteiger partial charge in [0.25, 0.3) is 0 Å². The van der Waals surface area contributed by atoms with Gasteiger partial charge in [0.05, 0.1) is 6.61 Å². The van der Waals surface area contributed by atoms with Crippen LogP contribution in [-0.4, -0.2) is 12.4 Å². The number of carbonyl (C=O) groups excluding carboxylic acids is 1. The average molecular weight is 218 g/mol. The molecule has 0 aliphatic carbocycles. The van der Waals surface area contributed by atoms with Crippen LogP contribution >= 0.6 is 0 Å². The lowest BCUT2D eigenvalue weighted by Gasteiger charge is -2.25. The first kappa shape index (κ1) is 11.3. The van der Waals surface area contributed by atoms with Crippen molar-refractivity contribution in [3.05, 3.63) is 35.4 Å². The van der Waals surface area contributed by atoms with Crippen molar-refractivity contribution < 1.29 is 9.53 Å². The molecule has 1 aliphatic heterocycles. The van der Waals surface area contributed by atoms with Crippen LogP contribution in [0, 0.1) is 5.92 Å². The molecule has 1 atom stereocenters. The standard InChI is InChI=1S/C14H18O2/c1-10(2)9-13(15)14-12-6-4-3-5-11(12)7-8-16-14/h3-6,10,14H,7-9H2,1-2H3. The monoisotopic (exact) mass is 218 g/mol. The summed E-state index contributed by atoms with van der Waals surface area (Å²) in [5.41, 5.74) is 2.33. The van der Waals surface area contributed by atoms with Crippen molar-refractivity contribution in [2.45, 2.75) is 32.8 Å². The van der Waals surface area contributed by atoms with Gasteiger partial charge in [-0.15, -0.1) is 0 Å². The molecule has 1 unspecified atom stereocenters. The fourth-order valence-corrected chi connectivity index (χ4v) is 2.17. The molecule has 1 aliphatic rings. The molecule has 0 spiro atoms. The van der Waals surface area contributed by atoms with Crippen LogP contribution in [0.3, 0.4) is 0 Å². The number of benzene rings is 1. The number of rotatable bonds is 3. The Hall–Kier alpha value is -1.15. The molecule has 0 bridgehead atoms. The van der Waals surface area contributed by atoms with Crippen LogP contribution in [0.2, 0.25) is 0 Å². The van der Waals surface area contributed by atoms with Crippen LogP contribution in [0.4, 0.5) is 0 Å². The van der Waals surface area contributed by atoms with Crippen LogP contribution in [0.25, 0.3) is 0 Å². The number of hydrogen-bond donors (Lipinski definition) is 0. The van der Waals surface area contributed by atoms with Crippen LogP contribution < -0.4 is 0 Å². The quantitative estimate of drug-likeness (QED) is 0.779. The highest BCUT2D eigenvalue weighted by Crippen LogP contribution is 2.29. The Morgan fingerprint density at radius 3 is 2.94 bits per heavy atom. The van der Waals surface area contributed by atoms with E-state index in [0.29, 0.717) is 18.9 Å². The molecule has 0 saturated carbocycles. The molecule has 0 aromatic heterocycles. The zero-order chi connectivity index (χ0) is 11.5. The Bertz CT molecular complexity index is 382. The Labute approximate surface area is 96.6 Å². The first-order valence-electron chi connectivity index (χ1n) is 5.90. The van der Waals surface area contributed by atoms with Crippen molar-refractivity contribution in [2.24, 2.45) is 5.92 Å². The summed E-state index contributed by atoms with van der Waals surface area (Å²) < 4.78 is 5.62. The minimum absolute atomic E-state index is 0.210. The Balaban J connectivity index is 2.21. The number of carbonyl (C=O) groups is 1. The molecule has 1 aromatic rings. The van der Waals surface area contributed by atoms with Gasteiger partial charge < -0.3 is 4.74 Å². The van der Waals surface area contributed by atoms with Gasteiger partial charge in [0.1, 0.15) is 6.10 Å². The minimum atomic E-state index is -0.327. The number of ketones is 1. The second-order valence-corrected chi connectivity index (χ2v) is 4.76. The van der Waals surface area contributed by atoms with Gasteiger partial charge in [-0.3, -0.25) is 4.79 Å². The molecule has 86 valence electrons. The molecule has 0 fully saturated rings. The average Bonchev–Trinajstić information content (AvgIpc) is 2.27. The third-order valence-corrected chi connectivity index (χ3v) is 2.90. The predicted octanol–water partition coefficient (Wildman–Crippen LogP) is 2.92. The maximum absolute atomic E-state index is 12.0. The fourth-order valence-electron chi connectivity index (χ4n) is 2.17. The number of hydrogen-bond acceptors (Lipinski definition) is 2. The molecule has 1 heterocycles. The normalized spacial score (nSPS) is 19.6. The molecule has 2 rings (SSSR count). The van der Waals surface area contributed by atoms with Gasteiger partial charge in [-0.2, -0.15) is 0 Å². The lowest BCUT2D eigenvalue weighted by atomic mass is 9.92. The van der Waals surface area contributed by atoms with E-state index in [-0.39, 0.29) is 11.9 Å². The molecular formula is C14H18O2. The van der Waals surface area contributed by atoms with Crippen LogP contribution in [0.1, 0.15) is 37.5 Å². The van der Waals surface area contributed by atoms with E-state index in [1.54, 1.807) is 0 Å². The summed E-state index contributed by atoms with van der Waals surface area (Å²) in [5, 5.41) is 0. The van der Waals surface area contributed by atoms with Crippen molar-refractivity contribution in [1.29, 1.82) is 0 Å². The van der Waals surface area contributed by atoms with Gasteiger partial charge in [-0.05, 0) is 23.5 Å². The smallest absolute Gasteiger partial charge is 0.166 e. The van der Waals surface area contributed by atoms with E-state index in [1.165, 1.54) is 5.56 Å². The second kappa shape index (κ2) is 4.79. The molecule has 16 heavy (non-hydrogen) atoms. The maximum Gasteiger partial charge on any atom is 0.166 e. The van der Waals surface area contributed by atoms with Crippen LogP contribution in [-0.2, 0) is 16.0 Å².